The summed E-state index contributed by atoms with van der Waals surface area (Å²) in [6.07, 6.45) is 0. The number of rotatable bonds is 9. The molecule has 1 N–H and O–H groups in total. The van der Waals surface area contributed by atoms with Gasteiger partial charge in [0.2, 0.25) is 11.8 Å². The molecule has 4 aromatic rings. The van der Waals surface area contributed by atoms with Gasteiger partial charge in [-0.15, -0.1) is 10.2 Å². The van der Waals surface area contributed by atoms with E-state index < -0.39 is 0 Å². The van der Waals surface area contributed by atoms with Gasteiger partial charge >= 0.3 is 0 Å². The Morgan fingerprint density at radius 1 is 1.00 bits per heavy atom. The van der Waals surface area contributed by atoms with Gasteiger partial charge in [-0.1, -0.05) is 33.8 Å². The zero-order chi connectivity index (χ0) is 27.9. The smallest absolute Gasteiger partial charge is 0.277 e. The first-order chi connectivity index (χ1) is 19.5. The molecule has 0 bridgehead atoms. The summed E-state index contributed by atoms with van der Waals surface area (Å²) in [5.41, 5.74) is 3.23. The molecule has 0 saturated carbocycles. The van der Waals surface area contributed by atoms with E-state index in [-0.39, 0.29) is 17.6 Å². The predicted octanol–water partition coefficient (Wildman–Crippen LogP) is 5.59. The van der Waals surface area contributed by atoms with Gasteiger partial charge < -0.3 is 24.3 Å². The molecule has 9 nitrogen and oxygen atoms in total. The number of hydrogen-bond donors (Lipinski definition) is 1. The Labute approximate surface area is 245 Å². The van der Waals surface area contributed by atoms with Crippen LogP contribution in [0.5, 0.6) is 5.75 Å². The summed E-state index contributed by atoms with van der Waals surface area (Å²) in [6.45, 7) is 5.31. The molecule has 0 radical (unpaired) electrons. The van der Waals surface area contributed by atoms with Gasteiger partial charge in [-0.2, -0.15) is 0 Å². The average Bonchev–Trinajstić information content (AvgIpc) is 3.46. The van der Waals surface area contributed by atoms with Crippen molar-refractivity contribution in [3.63, 3.8) is 0 Å². The number of ether oxygens (including phenoxy) is 1. The monoisotopic (exact) mass is 621 g/mol. The third-order valence-electron chi connectivity index (χ3n) is 6.30. The largest absolute Gasteiger partial charge is 0.494 e. The number of thioether (sulfide) groups is 1. The molecule has 0 atom stereocenters. The number of nitrogens with zero attached hydrogens (tertiary/aromatic N) is 4. The molecule has 0 spiro atoms. The van der Waals surface area contributed by atoms with Crippen LogP contribution in [0.1, 0.15) is 17.3 Å². The minimum absolute atomic E-state index is 0.0461. The first-order valence-corrected chi connectivity index (χ1v) is 14.7. The summed E-state index contributed by atoms with van der Waals surface area (Å²) in [6, 6.07) is 22.6. The Balaban J connectivity index is 1.08. The van der Waals surface area contributed by atoms with Crippen molar-refractivity contribution in [2.75, 3.05) is 48.8 Å². The lowest BCUT2D eigenvalue weighted by Crippen LogP contribution is -2.48. The predicted molar refractivity (Wildman–Crippen MR) is 159 cm³/mol. The molecule has 1 aliphatic heterocycles. The van der Waals surface area contributed by atoms with Crippen molar-refractivity contribution in [3.05, 3.63) is 82.8 Å². The number of hydrogen-bond acceptors (Lipinski definition) is 8. The minimum Gasteiger partial charge on any atom is -0.494 e. The van der Waals surface area contributed by atoms with Crippen LogP contribution in [-0.2, 0) is 4.79 Å². The first-order valence-electron chi connectivity index (χ1n) is 12.9. The van der Waals surface area contributed by atoms with E-state index in [1.54, 1.807) is 0 Å². The van der Waals surface area contributed by atoms with Crippen LogP contribution in [0, 0.1) is 0 Å². The van der Waals surface area contributed by atoms with Crippen molar-refractivity contribution in [1.29, 1.82) is 0 Å². The first kappa shape index (κ1) is 27.7. The Hall–Kier alpha value is -3.83. The van der Waals surface area contributed by atoms with Gasteiger partial charge in [-0.05, 0) is 73.7 Å². The highest BCUT2D eigenvalue weighted by atomic mass is 79.9. The summed E-state index contributed by atoms with van der Waals surface area (Å²) in [7, 11) is 0. The summed E-state index contributed by atoms with van der Waals surface area (Å²) in [5.74, 6) is 1.18. The molecule has 3 aromatic carbocycles. The van der Waals surface area contributed by atoms with Crippen LogP contribution >= 0.6 is 27.7 Å². The molecule has 1 aromatic heterocycles. The molecule has 0 aliphatic carbocycles. The van der Waals surface area contributed by atoms with Crippen molar-refractivity contribution in [2.24, 2.45) is 0 Å². The van der Waals surface area contributed by atoms with Crippen LogP contribution in [0.3, 0.4) is 0 Å². The van der Waals surface area contributed by atoms with Crippen molar-refractivity contribution < 1.29 is 18.7 Å². The molecule has 1 aliphatic rings. The number of carbonyl (C=O) groups excluding carboxylic acids is 2. The lowest BCUT2D eigenvalue weighted by molar-refractivity contribution is -0.113. The number of amides is 2. The lowest BCUT2D eigenvalue weighted by atomic mass is 10.1. The third-order valence-corrected chi connectivity index (χ3v) is 7.61. The summed E-state index contributed by atoms with van der Waals surface area (Å²) < 4.78 is 12.0. The highest BCUT2D eigenvalue weighted by Crippen LogP contribution is 2.26. The molecular formula is C29H28BrN5O4S. The normalized spacial score (nSPS) is 13.2. The van der Waals surface area contributed by atoms with Crippen LogP contribution in [0.25, 0.3) is 11.5 Å². The maximum absolute atomic E-state index is 12.8. The second-order valence-corrected chi connectivity index (χ2v) is 10.8. The summed E-state index contributed by atoms with van der Waals surface area (Å²) >= 11 is 4.61. The van der Waals surface area contributed by atoms with Gasteiger partial charge in [-0.3, -0.25) is 9.59 Å². The van der Waals surface area contributed by atoms with Gasteiger partial charge in [0.05, 0.1) is 12.4 Å². The van der Waals surface area contributed by atoms with Gasteiger partial charge in [0.1, 0.15) is 5.75 Å². The Morgan fingerprint density at radius 2 is 1.75 bits per heavy atom. The van der Waals surface area contributed by atoms with E-state index in [2.05, 4.69) is 36.3 Å². The second-order valence-electron chi connectivity index (χ2n) is 9.00. The molecule has 11 heteroatoms. The van der Waals surface area contributed by atoms with Gasteiger partial charge in [0.15, 0.2) is 0 Å². The van der Waals surface area contributed by atoms with E-state index in [9.17, 15) is 9.59 Å². The molecular weight excluding hydrogens is 594 g/mol. The van der Waals surface area contributed by atoms with E-state index in [1.165, 1.54) is 11.8 Å². The molecule has 206 valence electrons. The number of carbonyl (C=O) groups is 2. The summed E-state index contributed by atoms with van der Waals surface area (Å²) in [4.78, 5) is 29.4. The SMILES string of the molecule is CCOc1ccc(-c2nnc(SCC(=O)Nc3ccc(N4CCN(C(=O)c5cccc(Br)c5)CC4)cc3)o2)cc1. The maximum Gasteiger partial charge on any atom is 0.277 e. The second kappa shape index (κ2) is 13.0. The average molecular weight is 623 g/mol. The standard InChI is InChI=1S/C29H28BrN5O4S/c1-2-38-25-12-6-20(7-13-25)27-32-33-29(39-27)40-19-26(36)31-23-8-10-24(11-9-23)34-14-16-35(17-15-34)28(37)21-4-3-5-22(30)18-21/h3-13,18H,2,14-17,19H2,1H3,(H,31,36). The number of nitrogens with one attached hydrogen (secondary N) is 1. The van der Waals surface area contributed by atoms with Gasteiger partial charge in [0.25, 0.3) is 11.1 Å². The van der Waals surface area contributed by atoms with E-state index >= 15 is 0 Å². The van der Waals surface area contributed by atoms with Crippen molar-refractivity contribution >= 4 is 50.9 Å². The number of benzene rings is 3. The highest BCUT2D eigenvalue weighted by Gasteiger charge is 2.22. The van der Waals surface area contributed by atoms with E-state index in [0.29, 0.717) is 42.1 Å². The molecule has 2 heterocycles. The molecule has 40 heavy (non-hydrogen) atoms. The maximum atomic E-state index is 12.8. The quantitative estimate of drug-likeness (QED) is 0.241. The number of halogens is 1. The molecule has 5 rings (SSSR count). The van der Waals surface area contributed by atoms with Crippen LogP contribution in [0.4, 0.5) is 11.4 Å². The highest BCUT2D eigenvalue weighted by molar-refractivity contribution is 9.10. The number of anilines is 2. The Kier molecular flexibility index (Phi) is 9.02. The fourth-order valence-electron chi connectivity index (χ4n) is 4.30. The Morgan fingerprint density at radius 3 is 2.45 bits per heavy atom. The van der Waals surface area contributed by atoms with E-state index in [1.807, 2.05) is 84.6 Å². The summed E-state index contributed by atoms with van der Waals surface area (Å²) in [5, 5.41) is 11.3. The van der Waals surface area contributed by atoms with Gasteiger partial charge in [0, 0.05) is 53.2 Å². The Bertz CT molecular complexity index is 1450. The number of aromatic nitrogens is 2. The lowest BCUT2D eigenvalue weighted by Gasteiger charge is -2.36. The van der Waals surface area contributed by atoms with Crippen molar-refractivity contribution in [2.45, 2.75) is 12.1 Å². The molecule has 2 amide bonds. The van der Waals surface area contributed by atoms with E-state index in [4.69, 9.17) is 9.15 Å². The molecule has 1 fully saturated rings. The minimum atomic E-state index is -0.168. The fraction of sp³-hybridized carbons (Fsp3) is 0.241. The molecule has 1 saturated heterocycles. The zero-order valence-corrected chi connectivity index (χ0v) is 24.3. The third kappa shape index (κ3) is 7.02. The van der Waals surface area contributed by atoms with Crippen LogP contribution in [-0.4, -0.2) is 65.5 Å². The number of piperazine rings is 1. The van der Waals surface area contributed by atoms with Crippen molar-refractivity contribution in [1.82, 2.24) is 15.1 Å². The fourth-order valence-corrected chi connectivity index (χ4v) is 5.26. The van der Waals surface area contributed by atoms with Crippen LogP contribution < -0.4 is 15.0 Å². The van der Waals surface area contributed by atoms with Crippen LogP contribution in [0.2, 0.25) is 0 Å². The van der Waals surface area contributed by atoms with Gasteiger partial charge in [-0.25, -0.2) is 0 Å². The zero-order valence-electron chi connectivity index (χ0n) is 21.9. The van der Waals surface area contributed by atoms with Crippen molar-refractivity contribution in [3.8, 4) is 17.2 Å². The molecule has 0 unspecified atom stereocenters. The van der Waals surface area contributed by atoms with Crippen LogP contribution in [0.15, 0.2) is 86.9 Å². The van der Waals surface area contributed by atoms with E-state index in [0.717, 1.165) is 34.6 Å². The topological polar surface area (TPSA) is 101 Å².